The van der Waals surface area contributed by atoms with Crippen LogP contribution in [0.1, 0.15) is 25.5 Å². The van der Waals surface area contributed by atoms with E-state index in [0.717, 1.165) is 16.1 Å². The number of carbonyl (C=O) groups is 1. The lowest BCUT2D eigenvalue weighted by molar-refractivity contribution is -0.120. The molecule has 0 aromatic heterocycles. The molecule has 0 bridgehead atoms. The fourth-order valence-electron chi connectivity index (χ4n) is 2.79. The minimum Gasteiger partial charge on any atom is -0.496 e. The van der Waals surface area contributed by atoms with Crippen LogP contribution in [0.25, 0.3) is 0 Å². The first kappa shape index (κ1) is 21.6. The van der Waals surface area contributed by atoms with Crippen molar-refractivity contribution in [1.29, 1.82) is 0 Å². The van der Waals surface area contributed by atoms with Crippen LogP contribution in [0.4, 0.5) is 5.69 Å². The van der Waals surface area contributed by atoms with Crippen molar-refractivity contribution in [3.63, 3.8) is 0 Å². The van der Waals surface area contributed by atoms with E-state index in [-0.39, 0.29) is 12.6 Å². The van der Waals surface area contributed by atoms with Gasteiger partial charge in [0.2, 0.25) is 15.9 Å². The van der Waals surface area contributed by atoms with Crippen LogP contribution in [0.3, 0.4) is 0 Å². The Morgan fingerprint density at radius 2 is 1.79 bits per heavy atom. The molecule has 0 saturated carbocycles. The van der Waals surface area contributed by atoms with Crippen LogP contribution >= 0.6 is 0 Å². The number of nitrogens with zero attached hydrogens (tertiary/aromatic N) is 1. The molecule has 0 heterocycles. The molecule has 0 aliphatic rings. The highest BCUT2D eigenvalue weighted by atomic mass is 32.2. The van der Waals surface area contributed by atoms with Crippen LogP contribution in [0.15, 0.2) is 48.5 Å². The number of carbonyl (C=O) groups excluding carboxylic acids is 1. The quantitative estimate of drug-likeness (QED) is 0.692. The van der Waals surface area contributed by atoms with E-state index < -0.39 is 15.9 Å². The molecule has 0 aliphatic carbocycles. The second-order valence-electron chi connectivity index (χ2n) is 6.23. The van der Waals surface area contributed by atoms with Gasteiger partial charge in [-0.05, 0) is 44.2 Å². The Morgan fingerprint density at radius 1 is 1.14 bits per heavy atom. The summed E-state index contributed by atoms with van der Waals surface area (Å²) in [5.41, 5.74) is 1.20. The smallest absolute Gasteiger partial charge is 0.241 e. The summed E-state index contributed by atoms with van der Waals surface area (Å²) in [5.74, 6) is 0.869. The summed E-state index contributed by atoms with van der Waals surface area (Å²) in [4.78, 5) is 12.5. The van der Waals surface area contributed by atoms with E-state index in [1.54, 1.807) is 37.4 Å². The molecule has 8 heteroatoms. The zero-order valence-electron chi connectivity index (χ0n) is 16.5. The number of anilines is 1. The molecule has 0 radical (unpaired) electrons. The van der Waals surface area contributed by atoms with Crippen LogP contribution in [0, 0.1) is 0 Å². The predicted molar refractivity (Wildman–Crippen MR) is 109 cm³/mol. The van der Waals surface area contributed by atoms with Crippen molar-refractivity contribution < 1.29 is 22.7 Å². The van der Waals surface area contributed by atoms with Gasteiger partial charge in [-0.2, -0.15) is 0 Å². The monoisotopic (exact) mass is 406 g/mol. The van der Waals surface area contributed by atoms with E-state index in [1.807, 2.05) is 32.0 Å². The number of amides is 1. The lowest BCUT2D eigenvalue weighted by Crippen LogP contribution is -2.41. The van der Waals surface area contributed by atoms with Gasteiger partial charge in [0.05, 0.1) is 31.7 Å². The Kier molecular flexibility index (Phi) is 7.28. The first-order chi connectivity index (χ1) is 13.3. The normalized spacial score (nSPS) is 12.1. The van der Waals surface area contributed by atoms with E-state index >= 15 is 0 Å². The van der Waals surface area contributed by atoms with Crippen molar-refractivity contribution in [3.05, 3.63) is 54.1 Å². The Labute approximate surface area is 166 Å². The predicted octanol–water partition coefficient (Wildman–Crippen LogP) is 2.74. The van der Waals surface area contributed by atoms with Crippen molar-refractivity contribution in [1.82, 2.24) is 5.32 Å². The average molecular weight is 407 g/mol. The lowest BCUT2D eigenvalue weighted by Gasteiger charge is -2.24. The van der Waals surface area contributed by atoms with Crippen LogP contribution < -0.4 is 19.1 Å². The summed E-state index contributed by atoms with van der Waals surface area (Å²) in [6.45, 7) is 3.87. The molecular weight excluding hydrogens is 380 g/mol. The second kappa shape index (κ2) is 9.45. The lowest BCUT2D eigenvalue weighted by atomic mass is 10.1. The SMILES string of the molecule is CCOc1ccc(N(CC(=O)N[C@@H](C)c2ccccc2OC)S(C)(=O)=O)cc1. The van der Waals surface area contributed by atoms with E-state index in [9.17, 15) is 13.2 Å². The molecule has 0 unspecified atom stereocenters. The van der Waals surface area contributed by atoms with Gasteiger partial charge < -0.3 is 14.8 Å². The van der Waals surface area contributed by atoms with Gasteiger partial charge in [-0.15, -0.1) is 0 Å². The van der Waals surface area contributed by atoms with Crippen LogP contribution in [-0.4, -0.2) is 40.8 Å². The molecule has 2 aromatic carbocycles. The van der Waals surface area contributed by atoms with Gasteiger partial charge in [-0.25, -0.2) is 8.42 Å². The molecule has 1 atom stereocenters. The number of hydrogen-bond donors (Lipinski definition) is 1. The van der Waals surface area contributed by atoms with Crippen LogP contribution in [-0.2, 0) is 14.8 Å². The van der Waals surface area contributed by atoms with E-state index in [0.29, 0.717) is 23.8 Å². The highest BCUT2D eigenvalue weighted by Gasteiger charge is 2.22. The minimum atomic E-state index is -3.64. The number of rotatable bonds is 9. The zero-order chi connectivity index (χ0) is 20.7. The van der Waals surface area contributed by atoms with Crippen molar-refractivity contribution in [2.75, 3.05) is 30.8 Å². The summed E-state index contributed by atoms with van der Waals surface area (Å²) in [7, 11) is -2.08. The fourth-order valence-corrected chi connectivity index (χ4v) is 3.65. The zero-order valence-corrected chi connectivity index (χ0v) is 17.3. The van der Waals surface area contributed by atoms with Gasteiger partial charge >= 0.3 is 0 Å². The maximum Gasteiger partial charge on any atom is 0.241 e. The number of ether oxygens (including phenoxy) is 2. The molecule has 152 valence electrons. The highest BCUT2D eigenvalue weighted by molar-refractivity contribution is 7.92. The van der Waals surface area contributed by atoms with Crippen molar-refractivity contribution in [3.8, 4) is 11.5 Å². The highest BCUT2D eigenvalue weighted by Crippen LogP contribution is 2.25. The number of para-hydroxylation sites is 1. The third kappa shape index (κ3) is 5.63. The number of hydrogen-bond acceptors (Lipinski definition) is 5. The first-order valence-electron chi connectivity index (χ1n) is 8.89. The number of nitrogens with one attached hydrogen (secondary N) is 1. The molecule has 0 saturated heterocycles. The molecule has 2 aromatic rings. The van der Waals surface area contributed by atoms with Crippen LogP contribution in [0.2, 0.25) is 0 Å². The summed E-state index contributed by atoms with van der Waals surface area (Å²) < 4.78 is 36.2. The van der Waals surface area contributed by atoms with Gasteiger partial charge in [0.25, 0.3) is 0 Å². The summed E-state index contributed by atoms with van der Waals surface area (Å²) in [6.07, 6.45) is 1.07. The largest absolute Gasteiger partial charge is 0.496 e. The Balaban J connectivity index is 2.15. The standard InChI is InChI=1S/C20H26N2O5S/c1-5-27-17-12-10-16(11-13-17)22(28(4,24)25)14-20(23)21-15(2)18-8-6-7-9-19(18)26-3/h6-13,15H,5,14H2,1-4H3,(H,21,23)/t15-/m0/s1. The molecule has 0 spiro atoms. The molecule has 0 fully saturated rings. The van der Waals surface area contributed by atoms with Gasteiger partial charge in [-0.1, -0.05) is 18.2 Å². The fraction of sp³-hybridized carbons (Fsp3) is 0.350. The van der Waals surface area contributed by atoms with E-state index in [1.165, 1.54) is 0 Å². The van der Waals surface area contributed by atoms with Gasteiger partial charge in [-0.3, -0.25) is 9.10 Å². The first-order valence-corrected chi connectivity index (χ1v) is 10.7. The molecule has 1 amide bonds. The van der Waals surface area contributed by atoms with Gasteiger partial charge in [0, 0.05) is 5.56 Å². The van der Waals surface area contributed by atoms with Crippen molar-refractivity contribution in [2.24, 2.45) is 0 Å². The van der Waals surface area contributed by atoms with Gasteiger partial charge in [0.15, 0.2) is 0 Å². The number of methoxy groups -OCH3 is 1. The number of benzene rings is 2. The second-order valence-corrected chi connectivity index (χ2v) is 8.13. The molecule has 0 aliphatic heterocycles. The van der Waals surface area contributed by atoms with E-state index in [4.69, 9.17) is 9.47 Å². The van der Waals surface area contributed by atoms with Crippen LogP contribution in [0.5, 0.6) is 11.5 Å². The Hall–Kier alpha value is -2.74. The minimum absolute atomic E-state index is 0.327. The maximum atomic E-state index is 12.5. The molecule has 1 N–H and O–H groups in total. The van der Waals surface area contributed by atoms with E-state index in [2.05, 4.69) is 5.32 Å². The molecule has 28 heavy (non-hydrogen) atoms. The topological polar surface area (TPSA) is 84.9 Å². The average Bonchev–Trinajstić information content (AvgIpc) is 2.66. The summed E-state index contributed by atoms with van der Waals surface area (Å²) in [5, 5.41) is 2.83. The maximum absolute atomic E-state index is 12.5. The Morgan fingerprint density at radius 3 is 2.36 bits per heavy atom. The number of sulfonamides is 1. The third-order valence-electron chi connectivity index (χ3n) is 4.11. The van der Waals surface area contributed by atoms with Gasteiger partial charge in [0.1, 0.15) is 18.0 Å². The Bertz CT molecular complexity index is 897. The van der Waals surface area contributed by atoms with Crippen molar-refractivity contribution in [2.45, 2.75) is 19.9 Å². The molecular formula is C20H26N2O5S. The van der Waals surface area contributed by atoms with Crippen molar-refractivity contribution >= 4 is 21.6 Å². The summed E-state index contributed by atoms with van der Waals surface area (Å²) >= 11 is 0. The third-order valence-corrected chi connectivity index (χ3v) is 5.25. The molecule has 7 nitrogen and oxygen atoms in total. The summed E-state index contributed by atoms with van der Waals surface area (Å²) in [6, 6.07) is 13.6. The molecule has 2 rings (SSSR count).